The van der Waals surface area contributed by atoms with Gasteiger partial charge in [0.2, 0.25) is 0 Å². The van der Waals surface area contributed by atoms with Crippen LogP contribution in [0, 0.1) is 6.92 Å². The zero-order valence-corrected chi connectivity index (χ0v) is 11.3. The first-order chi connectivity index (χ1) is 9.63. The van der Waals surface area contributed by atoms with E-state index in [1.807, 2.05) is 13.0 Å². The molecule has 0 saturated carbocycles. The minimum atomic E-state index is -0.296. The number of nitrogens with zero attached hydrogens (tertiary/aromatic N) is 1. The summed E-state index contributed by atoms with van der Waals surface area (Å²) >= 11 is 0. The molecule has 6 nitrogen and oxygen atoms in total. The normalized spacial score (nSPS) is 9.95. The Bertz CT molecular complexity index is 628. The van der Waals surface area contributed by atoms with Gasteiger partial charge in [0.15, 0.2) is 0 Å². The number of aryl methyl sites for hydroxylation is 1. The molecule has 0 saturated heterocycles. The predicted molar refractivity (Wildman–Crippen MR) is 77.7 cm³/mol. The minimum absolute atomic E-state index is 0.288. The molecule has 0 fully saturated rings. The third kappa shape index (κ3) is 3.04. The molecule has 0 radical (unpaired) electrons. The Kier molecular flexibility index (Phi) is 4.17. The number of benzene rings is 1. The summed E-state index contributed by atoms with van der Waals surface area (Å²) in [6, 6.07) is 8.68. The SMILES string of the molecule is COc1ccc(NC(=O)c2cc(NN)ccn2)c(C)c1. The number of methoxy groups -OCH3 is 1. The lowest BCUT2D eigenvalue weighted by Gasteiger charge is -2.10. The second-order valence-electron chi connectivity index (χ2n) is 4.21. The minimum Gasteiger partial charge on any atom is -0.497 e. The van der Waals surface area contributed by atoms with Crippen LogP contribution in [0.5, 0.6) is 5.75 Å². The molecular formula is C14H16N4O2. The predicted octanol–water partition coefficient (Wildman–Crippen LogP) is 1.94. The molecule has 0 aliphatic rings. The fraction of sp³-hybridized carbons (Fsp3) is 0.143. The van der Waals surface area contributed by atoms with Crippen LogP contribution in [0.25, 0.3) is 0 Å². The first kappa shape index (κ1) is 13.8. The zero-order valence-electron chi connectivity index (χ0n) is 11.3. The summed E-state index contributed by atoms with van der Waals surface area (Å²) in [5, 5.41) is 2.80. The fourth-order valence-electron chi connectivity index (χ4n) is 1.73. The smallest absolute Gasteiger partial charge is 0.274 e. The van der Waals surface area contributed by atoms with Gasteiger partial charge >= 0.3 is 0 Å². The number of hydrogen-bond acceptors (Lipinski definition) is 5. The van der Waals surface area contributed by atoms with Crippen molar-refractivity contribution in [3.05, 3.63) is 47.8 Å². The highest BCUT2D eigenvalue weighted by Gasteiger charge is 2.10. The second-order valence-corrected chi connectivity index (χ2v) is 4.21. The monoisotopic (exact) mass is 272 g/mol. The van der Waals surface area contributed by atoms with Crippen molar-refractivity contribution in [1.29, 1.82) is 0 Å². The molecule has 1 aromatic heterocycles. The molecule has 1 aromatic carbocycles. The topological polar surface area (TPSA) is 89.3 Å². The third-order valence-corrected chi connectivity index (χ3v) is 2.84. The van der Waals surface area contributed by atoms with Gasteiger partial charge in [-0.3, -0.25) is 15.6 Å². The number of carbonyl (C=O) groups excluding carboxylic acids is 1. The second kappa shape index (κ2) is 6.03. The maximum Gasteiger partial charge on any atom is 0.274 e. The lowest BCUT2D eigenvalue weighted by molar-refractivity contribution is 0.102. The molecule has 104 valence electrons. The van der Waals surface area contributed by atoms with E-state index in [2.05, 4.69) is 15.7 Å². The Labute approximate surface area is 116 Å². The molecule has 2 aromatic rings. The number of nitrogens with one attached hydrogen (secondary N) is 2. The van der Waals surface area contributed by atoms with Gasteiger partial charge in [-0.1, -0.05) is 0 Å². The van der Waals surface area contributed by atoms with E-state index in [9.17, 15) is 4.79 Å². The largest absolute Gasteiger partial charge is 0.497 e. The van der Waals surface area contributed by atoms with E-state index in [-0.39, 0.29) is 11.6 Å². The number of pyridine rings is 1. The maximum atomic E-state index is 12.1. The summed E-state index contributed by atoms with van der Waals surface area (Å²) in [4.78, 5) is 16.1. The van der Waals surface area contributed by atoms with Crippen molar-refractivity contribution in [1.82, 2.24) is 4.98 Å². The molecule has 20 heavy (non-hydrogen) atoms. The number of carbonyl (C=O) groups is 1. The third-order valence-electron chi connectivity index (χ3n) is 2.84. The van der Waals surface area contributed by atoms with Crippen molar-refractivity contribution in [3.63, 3.8) is 0 Å². The van der Waals surface area contributed by atoms with Gasteiger partial charge in [-0.2, -0.15) is 0 Å². The van der Waals surface area contributed by atoms with Crippen molar-refractivity contribution in [2.75, 3.05) is 17.9 Å². The van der Waals surface area contributed by atoms with Gasteiger partial charge in [0, 0.05) is 11.9 Å². The van der Waals surface area contributed by atoms with Crippen LogP contribution in [-0.2, 0) is 0 Å². The Morgan fingerprint density at radius 2 is 2.10 bits per heavy atom. The molecule has 2 rings (SSSR count). The van der Waals surface area contributed by atoms with Gasteiger partial charge in [0.25, 0.3) is 5.91 Å². The van der Waals surface area contributed by atoms with Gasteiger partial charge in [-0.15, -0.1) is 0 Å². The number of nitrogen functional groups attached to an aromatic ring is 1. The Morgan fingerprint density at radius 3 is 2.75 bits per heavy atom. The Morgan fingerprint density at radius 1 is 1.30 bits per heavy atom. The van der Waals surface area contributed by atoms with Gasteiger partial charge in [0.05, 0.1) is 12.8 Å². The van der Waals surface area contributed by atoms with Crippen molar-refractivity contribution in [2.24, 2.45) is 5.84 Å². The summed E-state index contributed by atoms with van der Waals surface area (Å²) in [5.74, 6) is 5.75. The molecule has 0 aliphatic carbocycles. The molecular weight excluding hydrogens is 256 g/mol. The average molecular weight is 272 g/mol. The summed E-state index contributed by atoms with van der Waals surface area (Å²) < 4.78 is 5.12. The number of nitrogens with two attached hydrogens (primary N) is 1. The van der Waals surface area contributed by atoms with E-state index in [0.29, 0.717) is 11.4 Å². The molecule has 0 unspecified atom stereocenters. The molecule has 6 heteroatoms. The number of amides is 1. The summed E-state index contributed by atoms with van der Waals surface area (Å²) in [7, 11) is 1.60. The number of anilines is 2. The molecule has 4 N–H and O–H groups in total. The highest BCUT2D eigenvalue weighted by molar-refractivity contribution is 6.03. The molecule has 1 heterocycles. The first-order valence-corrected chi connectivity index (χ1v) is 6.02. The van der Waals surface area contributed by atoms with E-state index in [4.69, 9.17) is 10.6 Å². The average Bonchev–Trinajstić information content (AvgIpc) is 2.49. The lowest BCUT2D eigenvalue weighted by atomic mass is 10.2. The van der Waals surface area contributed by atoms with Gasteiger partial charge in [-0.25, -0.2) is 0 Å². The van der Waals surface area contributed by atoms with Crippen molar-refractivity contribution in [3.8, 4) is 5.75 Å². The maximum absolute atomic E-state index is 12.1. The fourth-order valence-corrected chi connectivity index (χ4v) is 1.73. The van der Waals surface area contributed by atoms with Crippen LogP contribution in [0.1, 0.15) is 16.1 Å². The Balaban J connectivity index is 2.18. The van der Waals surface area contributed by atoms with Crippen LogP contribution in [0.15, 0.2) is 36.5 Å². The molecule has 0 aliphatic heterocycles. The van der Waals surface area contributed by atoms with Crippen LogP contribution in [0.3, 0.4) is 0 Å². The van der Waals surface area contributed by atoms with E-state index in [0.717, 1.165) is 11.3 Å². The summed E-state index contributed by atoms with van der Waals surface area (Å²) in [6.07, 6.45) is 1.52. The zero-order chi connectivity index (χ0) is 14.5. The number of ether oxygens (including phenoxy) is 1. The number of rotatable bonds is 4. The summed E-state index contributed by atoms with van der Waals surface area (Å²) in [6.45, 7) is 1.89. The van der Waals surface area contributed by atoms with E-state index in [1.165, 1.54) is 6.20 Å². The molecule has 0 atom stereocenters. The summed E-state index contributed by atoms with van der Waals surface area (Å²) in [5.41, 5.74) is 5.01. The standard InChI is InChI=1S/C14H16N4O2/c1-9-7-11(20-2)3-4-12(9)17-14(19)13-8-10(18-15)5-6-16-13/h3-8H,15H2,1-2H3,(H,16,18)(H,17,19). The van der Waals surface area contributed by atoms with Crippen molar-refractivity contribution in [2.45, 2.75) is 6.92 Å². The van der Waals surface area contributed by atoms with Gasteiger partial charge in [0.1, 0.15) is 11.4 Å². The van der Waals surface area contributed by atoms with Crippen LogP contribution in [0.2, 0.25) is 0 Å². The molecule has 1 amide bonds. The van der Waals surface area contributed by atoms with E-state index >= 15 is 0 Å². The molecule has 0 bridgehead atoms. The first-order valence-electron chi connectivity index (χ1n) is 6.02. The highest BCUT2D eigenvalue weighted by Crippen LogP contribution is 2.21. The van der Waals surface area contributed by atoms with Crippen LogP contribution in [0.4, 0.5) is 11.4 Å². The van der Waals surface area contributed by atoms with E-state index < -0.39 is 0 Å². The number of hydrazine groups is 1. The van der Waals surface area contributed by atoms with Gasteiger partial charge < -0.3 is 15.5 Å². The highest BCUT2D eigenvalue weighted by atomic mass is 16.5. The number of hydrogen-bond donors (Lipinski definition) is 3. The number of aromatic nitrogens is 1. The van der Waals surface area contributed by atoms with Gasteiger partial charge in [-0.05, 0) is 42.8 Å². The van der Waals surface area contributed by atoms with Crippen LogP contribution >= 0.6 is 0 Å². The van der Waals surface area contributed by atoms with Crippen molar-refractivity contribution >= 4 is 17.3 Å². The van der Waals surface area contributed by atoms with E-state index in [1.54, 1.807) is 31.4 Å². The van der Waals surface area contributed by atoms with Crippen LogP contribution in [-0.4, -0.2) is 18.0 Å². The quantitative estimate of drug-likeness (QED) is 0.584. The van der Waals surface area contributed by atoms with Crippen molar-refractivity contribution < 1.29 is 9.53 Å². The lowest BCUT2D eigenvalue weighted by Crippen LogP contribution is -2.15. The Hall–Kier alpha value is -2.60. The van der Waals surface area contributed by atoms with Crippen LogP contribution < -0.4 is 21.3 Å². The molecule has 0 spiro atoms.